The number of nitrogens with zero attached hydrogens (tertiary/aromatic N) is 1. The van der Waals surface area contributed by atoms with E-state index in [9.17, 15) is 19.5 Å². The van der Waals surface area contributed by atoms with E-state index in [2.05, 4.69) is 18.5 Å². The number of nitrogens with one attached hydrogen (secondary N) is 1. The van der Waals surface area contributed by atoms with Crippen molar-refractivity contribution in [1.29, 1.82) is 0 Å². The molecule has 1 aliphatic rings. The number of carbonyl (C=O) groups is 3. The summed E-state index contributed by atoms with van der Waals surface area (Å²) < 4.78 is 11.9. The third kappa shape index (κ3) is 11.8. The van der Waals surface area contributed by atoms with Crippen molar-refractivity contribution < 1.29 is 29.0 Å². The first kappa shape index (κ1) is 37.3. The zero-order chi connectivity index (χ0) is 34.8. The van der Waals surface area contributed by atoms with Gasteiger partial charge in [0, 0.05) is 13.0 Å². The van der Waals surface area contributed by atoms with Crippen LogP contribution < -0.4 is 5.32 Å². The zero-order valence-corrected chi connectivity index (χ0v) is 28.4. The predicted octanol–water partition coefficient (Wildman–Crippen LogP) is 5.97. The van der Waals surface area contributed by atoms with Gasteiger partial charge >= 0.3 is 5.97 Å². The Morgan fingerprint density at radius 3 is 2.22 bits per heavy atom. The lowest BCUT2D eigenvalue weighted by Gasteiger charge is -2.36. The number of hydrogen-bond donors (Lipinski definition) is 2. The normalized spacial score (nSPS) is 15.7. The highest BCUT2D eigenvalue weighted by Crippen LogP contribution is 2.25. The Kier molecular flexibility index (Phi) is 15.3. The highest BCUT2D eigenvalue weighted by Gasteiger charge is 2.32. The SMILES string of the molecule is C=CCCC[C@H](Cc1ccccc1)C(=O)OC[C@H](COCc1ccccc1)NC(=O)[C@@H](CC=C)CC(=O)N1Cc2ccccc2C[C@H]1CO. The number of rotatable bonds is 20. The minimum absolute atomic E-state index is 0.0453. The van der Waals surface area contributed by atoms with Crippen molar-refractivity contribution in [3.8, 4) is 0 Å². The number of allylic oxidation sites excluding steroid dienone is 2. The molecular formula is C41H50N2O6. The minimum atomic E-state index is -0.696. The van der Waals surface area contributed by atoms with Crippen LogP contribution in [0.5, 0.6) is 0 Å². The zero-order valence-electron chi connectivity index (χ0n) is 28.4. The molecule has 2 amide bonds. The van der Waals surface area contributed by atoms with Crippen LogP contribution in [0.1, 0.15) is 54.4 Å². The molecule has 0 radical (unpaired) electrons. The smallest absolute Gasteiger partial charge is 0.309 e. The van der Waals surface area contributed by atoms with Crippen LogP contribution in [0.25, 0.3) is 0 Å². The molecule has 0 saturated carbocycles. The van der Waals surface area contributed by atoms with Crippen LogP contribution in [0.15, 0.2) is 110 Å². The van der Waals surface area contributed by atoms with Gasteiger partial charge in [-0.25, -0.2) is 0 Å². The number of benzene rings is 3. The molecule has 2 N–H and O–H groups in total. The third-order valence-corrected chi connectivity index (χ3v) is 8.95. The number of carbonyl (C=O) groups excluding carboxylic acids is 3. The van der Waals surface area contributed by atoms with E-state index in [0.29, 0.717) is 32.4 Å². The quantitative estimate of drug-likeness (QED) is 0.0875. The van der Waals surface area contributed by atoms with Gasteiger partial charge < -0.3 is 24.8 Å². The van der Waals surface area contributed by atoms with Crippen molar-refractivity contribution in [3.05, 3.63) is 132 Å². The molecule has 0 aliphatic carbocycles. The number of aliphatic hydroxyl groups is 1. The van der Waals surface area contributed by atoms with Gasteiger partial charge in [0.2, 0.25) is 11.8 Å². The van der Waals surface area contributed by atoms with Gasteiger partial charge in [-0.05, 0) is 60.8 Å². The molecule has 0 fully saturated rings. The molecule has 3 aromatic carbocycles. The monoisotopic (exact) mass is 666 g/mol. The fourth-order valence-electron chi connectivity index (χ4n) is 6.21. The highest BCUT2D eigenvalue weighted by molar-refractivity contribution is 5.86. The summed E-state index contributed by atoms with van der Waals surface area (Å²) in [5, 5.41) is 13.1. The van der Waals surface area contributed by atoms with Gasteiger partial charge in [-0.3, -0.25) is 14.4 Å². The summed E-state index contributed by atoms with van der Waals surface area (Å²) >= 11 is 0. The first-order valence-corrected chi connectivity index (χ1v) is 17.2. The number of ether oxygens (including phenoxy) is 2. The van der Waals surface area contributed by atoms with Crippen LogP contribution in [0.2, 0.25) is 0 Å². The molecule has 4 rings (SSSR count). The molecule has 8 heteroatoms. The molecule has 0 spiro atoms. The van der Waals surface area contributed by atoms with Crippen molar-refractivity contribution in [2.24, 2.45) is 11.8 Å². The number of fused-ring (bicyclic) bond motifs is 1. The Morgan fingerprint density at radius 1 is 0.878 bits per heavy atom. The van der Waals surface area contributed by atoms with Crippen LogP contribution in [0.4, 0.5) is 0 Å². The molecule has 8 nitrogen and oxygen atoms in total. The number of esters is 1. The van der Waals surface area contributed by atoms with Gasteiger partial charge in [-0.15, -0.1) is 13.2 Å². The number of aliphatic hydroxyl groups excluding tert-OH is 1. The van der Waals surface area contributed by atoms with E-state index < -0.39 is 12.0 Å². The van der Waals surface area contributed by atoms with Crippen molar-refractivity contribution in [3.63, 3.8) is 0 Å². The van der Waals surface area contributed by atoms with E-state index in [4.69, 9.17) is 9.47 Å². The van der Waals surface area contributed by atoms with E-state index in [1.807, 2.05) is 91.0 Å². The van der Waals surface area contributed by atoms with Crippen LogP contribution >= 0.6 is 0 Å². The molecular weight excluding hydrogens is 616 g/mol. The molecule has 0 aromatic heterocycles. The number of hydrogen-bond acceptors (Lipinski definition) is 6. The Bertz CT molecular complexity index is 1490. The minimum Gasteiger partial charge on any atom is -0.463 e. The summed E-state index contributed by atoms with van der Waals surface area (Å²) in [6.07, 6.45) is 7.09. The first-order valence-electron chi connectivity index (χ1n) is 17.2. The van der Waals surface area contributed by atoms with E-state index in [-0.39, 0.29) is 62.4 Å². The molecule has 0 saturated heterocycles. The van der Waals surface area contributed by atoms with Crippen molar-refractivity contribution in [1.82, 2.24) is 10.2 Å². The maximum Gasteiger partial charge on any atom is 0.309 e. The Labute approximate surface area is 290 Å². The Morgan fingerprint density at radius 2 is 1.55 bits per heavy atom. The number of unbranched alkanes of at least 4 members (excludes halogenated alkanes) is 1. The average molecular weight is 667 g/mol. The van der Waals surface area contributed by atoms with Crippen LogP contribution in [0.3, 0.4) is 0 Å². The van der Waals surface area contributed by atoms with Gasteiger partial charge in [-0.2, -0.15) is 0 Å². The fraction of sp³-hybridized carbons (Fsp3) is 0.390. The topological polar surface area (TPSA) is 105 Å². The summed E-state index contributed by atoms with van der Waals surface area (Å²) in [5.41, 5.74) is 4.19. The standard InChI is InChI=1S/C41H50N2O6/c1-3-5-8-21-35(23-31-16-9-6-10-17-31)41(47)49-30-37(29-48-28-32-18-11-7-12-19-32)42-40(46)34(15-4-2)25-39(45)43-26-36-22-14-13-20-33(36)24-38(43)27-44/h3-4,6-7,9-14,16-20,22,34-35,37-38,44H,1-2,5,8,15,21,23-30H2,(H,42,46)/t34-,35+,37-,38-/m0/s1. The molecule has 3 aromatic rings. The predicted molar refractivity (Wildman–Crippen MR) is 191 cm³/mol. The second-order valence-electron chi connectivity index (χ2n) is 12.7. The third-order valence-electron chi connectivity index (χ3n) is 8.95. The largest absolute Gasteiger partial charge is 0.463 e. The summed E-state index contributed by atoms with van der Waals surface area (Å²) in [5.74, 6) is -1.92. The molecule has 1 aliphatic heterocycles. The second kappa shape index (κ2) is 20.1. The van der Waals surface area contributed by atoms with E-state index in [1.165, 1.54) is 0 Å². The summed E-state index contributed by atoms with van der Waals surface area (Å²) in [6.45, 7) is 8.21. The average Bonchev–Trinajstić information content (AvgIpc) is 3.13. The van der Waals surface area contributed by atoms with Gasteiger partial charge in [0.05, 0.1) is 43.7 Å². The van der Waals surface area contributed by atoms with Crippen molar-refractivity contribution in [2.45, 2.75) is 70.2 Å². The summed E-state index contributed by atoms with van der Waals surface area (Å²) in [6, 6.07) is 26.5. The second-order valence-corrected chi connectivity index (χ2v) is 12.7. The fourth-order valence-corrected chi connectivity index (χ4v) is 6.21. The van der Waals surface area contributed by atoms with Crippen LogP contribution in [-0.2, 0) is 49.9 Å². The molecule has 0 unspecified atom stereocenters. The lowest BCUT2D eigenvalue weighted by atomic mass is 9.92. The van der Waals surface area contributed by atoms with Crippen molar-refractivity contribution in [2.75, 3.05) is 19.8 Å². The van der Waals surface area contributed by atoms with E-state index in [0.717, 1.165) is 35.1 Å². The molecule has 4 atom stereocenters. The number of amides is 2. The Hall–Kier alpha value is -4.53. The maximum atomic E-state index is 13.8. The first-order chi connectivity index (χ1) is 23.9. The van der Waals surface area contributed by atoms with Crippen molar-refractivity contribution >= 4 is 17.8 Å². The van der Waals surface area contributed by atoms with Crippen LogP contribution in [0, 0.1) is 11.8 Å². The Balaban J connectivity index is 1.43. The molecule has 260 valence electrons. The highest BCUT2D eigenvalue weighted by atomic mass is 16.5. The lowest BCUT2D eigenvalue weighted by Crippen LogP contribution is -2.49. The lowest BCUT2D eigenvalue weighted by molar-refractivity contribution is -0.151. The molecule has 0 bridgehead atoms. The van der Waals surface area contributed by atoms with Gasteiger partial charge in [-0.1, -0.05) is 97.1 Å². The van der Waals surface area contributed by atoms with Gasteiger partial charge in [0.25, 0.3) is 0 Å². The van der Waals surface area contributed by atoms with Gasteiger partial charge in [0.15, 0.2) is 0 Å². The molecule has 49 heavy (non-hydrogen) atoms. The summed E-state index contributed by atoms with van der Waals surface area (Å²) in [7, 11) is 0. The van der Waals surface area contributed by atoms with Gasteiger partial charge in [0.1, 0.15) is 6.61 Å². The van der Waals surface area contributed by atoms with E-state index >= 15 is 0 Å². The summed E-state index contributed by atoms with van der Waals surface area (Å²) in [4.78, 5) is 42.5. The maximum absolute atomic E-state index is 13.8. The van der Waals surface area contributed by atoms with E-state index in [1.54, 1.807) is 11.0 Å². The van der Waals surface area contributed by atoms with Crippen LogP contribution in [-0.4, -0.2) is 59.7 Å². The molecule has 1 heterocycles.